The quantitative estimate of drug-likeness (QED) is 0.655. The zero-order valence-corrected chi connectivity index (χ0v) is 16.9. The van der Waals surface area contributed by atoms with Crippen LogP contribution >= 0.6 is 0 Å². The van der Waals surface area contributed by atoms with Gasteiger partial charge in [0.1, 0.15) is 11.6 Å². The number of pyridine rings is 1. The summed E-state index contributed by atoms with van der Waals surface area (Å²) >= 11 is 0. The Balaban J connectivity index is 1.58. The third-order valence-corrected chi connectivity index (χ3v) is 5.33. The van der Waals surface area contributed by atoms with Gasteiger partial charge in [-0.3, -0.25) is 9.88 Å². The molecule has 0 amide bonds. The summed E-state index contributed by atoms with van der Waals surface area (Å²) in [6.07, 6.45) is 5.75. The van der Waals surface area contributed by atoms with Crippen LogP contribution < -0.4 is 4.90 Å². The Morgan fingerprint density at radius 3 is 2.79 bits per heavy atom. The number of likely N-dealkylation sites (tertiary alicyclic amines) is 1. The molecule has 2 aromatic heterocycles. The molecule has 0 spiro atoms. The minimum absolute atomic E-state index is 0.177. The molecule has 5 nitrogen and oxygen atoms in total. The number of piperidine rings is 1. The fourth-order valence-electron chi connectivity index (χ4n) is 3.85. The second-order valence-electron chi connectivity index (χ2n) is 7.81. The van der Waals surface area contributed by atoms with Crippen molar-refractivity contribution in [2.24, 2.45) is 0 Å². The molecule has 3 heterocycles. The van der Waals surface area contributed by atoms with Gasteiger partial charge in [-0.05, 0) is 49.2 Å². The lowest BCUT2D eigenvalue weighted by molar-refractivity contribution is 0.198. The monoisotopic (exact) mass is 391 g/mol. The number of hydrogen-bond acceptors (Lipinski definition) is 5. The standard InChI is InChI=1S/C23H26FN5/c1-28(2)22-13-21(26-23(27-22)18-7-4-10-25-14-18)19-8-5-11-29(16-19)15-17-6-3-9-20(24)12-17/h3-4,6-7,9-10,12-14,19H,5,8,11,15-16H2,1-2H3/t19-/m1/s1. The fourth-order valence-corrected chi connectivity index (χ4v) is 3.85. The summed E-state index contributed by atoms with van der Waals surface area (Å²) in [6, 6.07) is 12.9. The molecule has 6 heteroatoms. The number of anilines is 1. The highest BCUT2D eigenvalue weighted by Crippen LogP contribution is 2.30. The third kappa shape index (κ3) is 4.77. The molecule has 150 valence electrons. The van der Waals surface area contributed by atoms with Crippen LogP contribution in [0.25, 0.3) is 11.4 Å². The van der Waals surface area contributed by atoms with Crippen molar-refractivity contribution in [3.8, 4) is 11.4 Å². The molecule has 0 aliphatic carbocycles. The zero-order valence-electron chi connectivity index (χ0n) is 16.9. The molecule has 0 unspecified atom stereocenters. The van der Waals surface area contributed by atoms with Gasteiger partial charge in [-0.2, -0.15) is 0 Å². The van der Waals surface area contributed by atoms with E-state index in [0.717, 1.165) is 55.1 Å². The van der Waals surface area contributed by atoms with E-state index in [1.54, 1.807) is 24.5 Å². The Morgan fingerprint density at radius 1 is 1.14 bits per heavy atom. The first-order valence-electron chi connectivity index (χ1n) is 10.0. The van der Waals surface area contributed by atoms with Crippen LogP contribution in [0.3, 0.4) is 0 Å². The molecule has 1 aliphatic heterocycles. The molecule has 4 rings (SSSR count). The van der Waals surface area contributed by atoms with E-state index >= 15 is 0 Å². The first-order valence-corrected chi connectivity index (χ1v) is 10.0. The van der Waals surface area contributed by atoms with Gasteiger partial charge in [0.15, 0.2) is 5.82 Å². The van der Waals surface area contributed by atoms with E-state index in [1.165, 1.54) is 6.07 Å². The van der Waals surface area contributed by atoms with E-state index in [4.69, 9.17) is 9.97 Å². The molecule has 0 bridgehead atoms. The first-order chi connectivity index (χ1) is 14.1. The van der Waals surface area contributed by atoms with Crippen LogP contribution in [0.1, 0.15) is 30.0 Å². The molecule has 0 saturated carbocycles. The van der Waals surface area contributed by atoms with Crippen LogP contribution in [0.4, 0.5) is 10.2 Å². The second kappa shape index (κ2) is 8.66. The molecular formula is C23H26FN5. The van der Waals surface area contributed by atoms with E-state index in [0.29, 0.717) is 11.7 Å². The van der Waals surface area contributed by atoms with Crippen molar-refractivity contribution in [1.29, 1.82) is 0 Å². The van der Waals surface area contributed by atoms with Gasteiger partial charge in [0.25, 0.3) is 0 Å². The number of hydrogen-bond donors (Lipinski definition) is 0. The van der Waals surface area contributed by atoms with Gasteiger partial charge in [-0.1, -0.05) is 12.1 Å². The van der Waals surface area contributed by atoms with Gasteiger partial charge in [-0.15, -0.1) is 0 Å². The Morgan fingerprint density at radius 2 is 2.03 bits per heavy atom. The largest absolute Gasteiger partial charge is 0.363 e. The zero-order chi connectivity index (χ0) is 20.2. The van der Waals surface area contributed by atoms with Crippen molar-refractivity contribution in [3.63, 3.8) is 0 Å². The lowest BCUT2D eigenvalue weighted by atomic mass is 9.94. The van der Waals surface area contributed by atoms with E-state index in [2.05, 4.69) is 16.0 Å². The van der Waals surface area contributed by atoms with Crippen LogP contribution in [-0.4, -0.2) is 47.0 Å². The van der Waals surface area contributed by atoms with Crippen molar-refractivity contribution in [2.75, 3.05) is 32.1 Å². The molecule has 1 aliphatic rings. The maximum atomic E-state index is 13.5. The predicted molar refractivity (Wildman–Crippen MR) is 113 cm³/mol. The minimum Gasteiger partial charge on any atom is -0.363 e. The summed E-state index contributed by atoms with van der Waals surface area (Å²) in [7, 11) is 3.99. The Hall–Kier alpha value is -2.86. The lowest BCUT2D eigenvalue weighted by Crippen LogP contribution is -2.34. The van der Waals surface area contributed by atoms with Gasteiger partial charge in [0.05, 0.1) is 5.69 Å². The van der Waals surface area contributed by atoms with Gasteiger partial charge in [-0.25, -0.2) is 14.4 Å². The van der Waals surface area contributed by atoms with Crippen molar-refractivity contribution in [3.05, 3.63) is 71.9 Å². The van der Waals surface area contributed by atoms with Crippen LogP contribution in [0.2, 0.25) is 0 Å². The average molecular weight is 391 g/mol. The maximum Gasteiger partial charge on any atom is 0.163 e. The SMILES string of the molecule is CN(C)c1cc([C@@H]2CCCN(Cc3cccc(F)c3)C2)nc(-c2cccnc2)n1. The summed E-state index contributed by atoms with van der Waals surface area (Å²) in [6.45, 7) is 2.69. The smallest absolute Gasteiger partial charge is 0.163 e. The summed E-state index contributed by atoms with van der Waals surface area (Å²) in [5.41, 5.74) is 3.00. The molecule has 0 radical (unpaired) electrons. The Kier molecular flexibility index (Phi) is 5.81. The van der Waals surface area contributed by atoms with Crippen LogP contribution in [0.15, 0.2) is 54.9 Å². The Bertz CT molecular complexity index is 960. The summed E-state index contributed by atoms with van der Waals surface area (Å²) in [4.78, 5) is 18.2. The van der Waals surface area contributed by atoms with Crippen molar-refractivity contribution in [2.45, 2.75) is 25.3 Å². The molecule has 0 N–H and O–H groups in total. The normalized spacial score (nSPS) is 17.3. The maximum absolute atomic E-state index is 13.5. The number of benzene rings is 1. The van der Waals surface area contributed by atoms with Crippen molar-refractivity contribution < 1.29 is 4.39 Å². The Labute approximate surface area is 171 Å². The van der Waals surface area contributed by atoms with E-state index in [-0.39, 0.29) is 5.82 Å². The highest BCUT2D eigenvalue weighted by Gasteiger charge is 2.24. The average Bonchev–Trinajstić information content (AvgIpc) is 2.74. The number of nitrogens with zero attached hydrogens (tertiary/aromatic N) is 5. The van der Waals surface area contributed by atoms with Gasteiger partial charge in [0.2, 0.25) is 0 Å². The van der Waals surface area contributed by atoms with E-state index in [1.807, 2.05) is 37.2 Å². The first kappa shape index (κ1) is 19.5. The molecule has 3 aromatic rings. The number of halogens is 1. The fraction of sp³-hybridized carbons (Fsp3) is 0.348. The molecule has 1 aromatic carbocycles. The summed E-state index contributed by atoms with van der Waals surface area (Å²) < 4.78 is 13.5. The topological polar surface area (TPSA) is 45.2 Å². The molecule has 1 atom stereocenters. The summed E-state index contributed by atoms with van der Waals surface area (Å²) in [5, 5.41) is 0. The van der Waals surface area contributed by atoms with Crippen LogP contribution in [0.5, 0.6) is 0 Å². The second-order valence-corrected chi connectivity index (χ2v) is 7.81. The molecule has 1 saturated heterocycles. The predicted octanol–water partition coefficient (Wildman–Crippen LogP) is 4.12. The lowest BCUT2D eigenvalue weighted by Gasteiger charge is -2.33. The van der Waals surface area contributed by atoms with E-state index < -0.39 is 0 Å². The molecule has 29 heavy (non-hydrogen) atoms. The van der Waals surface area contributed by atoms with Gasteiger partial charge in [0, 0.05) is 57.1 Å². The number of aromatic nitrogens is 3. The van der Waals surface area contributed by atoms with Crippen LogP contribution in [-0.2, 0) is 6.54 Å². The van der Waals surface area contributed by atoms with Gasteiger partial charge < -0.3 is 4.90 Å². The van der Waals surface area contributed by atoms with E-state index in [9.17, 15) is 4.39 Å². The number of rotatable bonds is 5. The van der Waals surface area contributed by atoms with Crippen molar-refractivity contribution >= 4 is 5.82 Å². The highest BCUT2D eigenvalue weighted by atomic mass is 19.1. The minimum atomic E-state index is -0.177. The van der Waals surface area contributed by atoms with Gasteiger partial charge >= 0.3 is 0 Å². The molecule has 1 fully saturated rings. The highest BCUT2D eigenvalue weighted by molar-refractivity contribution is 5.56. The van der Waals surface area contributed by atoms with Crippen LogP contribution in [0, 0.1) is 5.82 Å². The third-order valence-electron chi connectivity index (χ3n) is 5.33. The summed E-state index contributed by atoms with van der Waals surface area (Å²) in [5.74, 6) is 1.76. The van der Waals surface area contributed by atoms with Crippen molar-refractivity contribution in [1.82, 2.24) is 19.9 Å². The molecular weight excluding hydrogens is 365 g/mol.